The molecule has 2 saturated heterocycles. The van der Waals surface area contributed by atoms with Crippen molar-refractivity contribution in [3.8, 4) is 5.75 Å². The number of rotatable bonds is 2. The Bertz CT molecular complexity index is 495. The number of likely N-dealkylation sites (tertiary alicyclic amines) is 1. The quantitative estimate of drug-likeness (QED) is 0.447. The van der Waals surface area contributed by atoms with Gasteiger partial charge in [0.1, 0.15) is 11.6 Å². The van der Waals surface area contributed by atoms with Crippen molar-refractivity contribution in [3.05, 3.63) is 18.3 Å². The van der Waals surface area contributed by atoms with Gasteiger partial charge in [-0.15, -0.1) is 0 Å². The summed E-state index contributed by atoms with van der Waals surface area (Å²) in [5.41, 5.74) is 2.88. The predicted octanol–water partition coefficient (Wildman–Crippen LogP) is -0.0396. The highest BCUT2D eigenvalue weighted by molar-refractivity contribution is 7.80. The van der Waals surface area contributed by atoms with Crippen LogP contribution in [0.1, 0.15) is 0 Å². The molecule has 7 heteroatoms. The average molecular weight is 279 g/mol. The second-order valence-corrected chi connectivity index (χ2v) is 5.60. The molecule has 0 aliphatic carbocycles. The van der Waals surface area contributed by atoms with Crippen LogP contribution in [0.2, 0.25) is 0 Å². The maximum atomic E-state index is 5.31. The molecule has 0 unspecified atom stereocenters. The Morgan fingerprint density at radius 3 is 2.84 bits per heavy atom. The van der Waals surface area contributed by atoms with Gasteiger partial charge >= 0.3 is 0 Å². The molecule has 2 fully saturated rings. The molecular weight excluding hydrogens is 262 g/mol. The molecule has 3 N–H and O–H groups in total. The summed E-state index contributed by atoms with van der Waals surface area (Å²) in [5, 5.41) is 0.628. The topological polar surface area (TPSA) is 66.7 Å². The van der Waals surface area contributed by atoms with Gasteiger partial charge in [0.25, 0.3) is 0 Å². The number of thiocarbonyl (C=S) groups is 1. The Kier molecular flexibility index (Phi) is 2.94. The van der Waals surface area contributed by atoms with Crippen LogP contribution in [0, 0.1) is 5.41 Å². The Morgan fingerprint density at radius 1 is 1.47 bits per heavy atom. The van der Waals surface area contributed by atoms with Crippen molar-refractivity contribution in [3.63, 3.8) is 0 Å². The summed E-state index contributed by atoms with van der Waals surface area (Å²) in [4.78, 5) is 8.73. The van der Waals surface area contributed by atoms with Crippen molar-refractivity contribution < 1.29 is 4.74 Å². The maximum absolute atomic E-state index is 5.31. The molecule has 0 bridgehead atoms. The number of hydrazine groups is 1. The fourth-order valence-electron chi connectivity index (χ4n) is 2.82. The van der Waals surface area contributed by atoms with Gasteiger partial charge in [-0.05, 0) is 18.3 Å². The highest BCUT2D eigenvalue weighted by Crippen LogP contribution is 2.41. The van der Waals surface area contributed by atoms with Gasteiger partial charge < -0.3 is 20.0 Å². The lowest BCUT2D eigenvalue weighted by molar-refractivity contribution is 0.0283. The van der Waals surface area contributed by atoms with Crippen molar-refractivity contribution in [2.45, 2.75) is 0 Å². The molecular formula is C12H17N5OS. The van der Waals surface area contributed by atoms with Gasteiger partial charge in [-0.2, -0.15) is 0 Å². The van der Waals surface area contributed by atoms with E-state index in [0.717, 1.165) is 37.7 Å². The Hall–Kier alpha value is -1.60. The minimum atomic E-state index is 0.353. The zero-order valence-corrected chi connectivity index (χ0v) is 11.6. The van der Waals surface area contributed by atoms with Crippen molar-refractivity contribution in [1.82, 2.24) is 15.3 Å². The molecule has 0 saturated carbocycles. The standard InChI is InChI=1S/C12H17N5OS/c1-18-9-2-3-14-10(4-9)16-5-12(6-16)7-17(8-12)11(19)15-13/h2-4H,5-8,13H2,1H3,(H,15,19). The smallest absolute Gasteiger partial charge is 0.183 e. The van der Waals surface area contributed by atoms with Crippen LogP contribution in [0.4, 0.5) is 5.82 Å². The van der Waals surface area contributed by atoms with E-state index in [4.69, 9.17) is 22.8 Å². The number of nitrogens with one attached hydrogen (secondary N) is 1. The van der Waals surface area contributed by atoms with Crippen LogP contribution in [-0.4, -0.2) is 48.3 Å². The van der Waals surface area contributed by atoms with Crippen molar-refractivity contribution >= 4 is 23.1 Å². The summed E-state index contributed by atoms with van der Waals surface area (Å²) in [6, 6.07) is 3.82. The third-order valence-corrected chi connectivity index (χ3v) is 4.17. The molecule has 0 radical (unpaired) electrons. The van der Waals surface area contributed by atoms with E-state index in [2.05, 4.69) is 20.2 Å². The minimum absolute atomic E-state index is 0.353. The lowest BCUT2D eigenvalue weighted by Crippen LogP contribution is -2.74. The van der Waals surface area contributed by atoms with Gasteiger partial charge in [0, 0.05) is 43.9 Å². The molecule has 3 rings (SSSR count). The molecule has 102 valence electrons. The third-order valence-electron chi connectivity index (χ3n) is 3.79. The van der Waals surface area contributed by atoms with E-state index < -0.39 is 0 Å². The largest absolute Gasteiger partial charge is 0.497 e. The molecule has 2 aliphatic rings. The zero-order chi connectivity index (χ0) is 13.5. The van der Waals surface area contributed by atoms with Crippen LogP contribution in [0.3, 0.4) is 0 Å². The molecule has 0 aromatic carbocycles. The SMILES string of the molecule is COc1ccnc(N2CC3(CN(C(=S)NN)C3)C2)c1. The summed E-state index contributed by atoms with van der Waals surface area (Å²) in [6.07, 6.45) is 1.78. The fraction of sp³-hybridized carbons (Fsp3) is 0.500. The number of anilines is 1. The van der Waals surface area contributed by atoms with Gasteiger partial charge in [0.05, 0.1) is 7.11 Å². The first-order valence-corrected chi connectivity index (χ1v) is 6.57. The van der Waals surface area contributed by atoms with Crippen molar-refractivity contribution in [1.29, 1.82) is 0 Å². The van der Waals surface area contributed by atoms with E-state index >= 15 is 0 Å². The van der Waals surface area contributed by atoms with Gasteiger partial charge in [-0.3, -0.25) is 0 Å². The van der Waals surface area contributed by atoms with Crippen LogP contribution >= 0.6 is 12.2 Å². The Balaban J connectivity index is 1.57. The van der Waals surface area contributed by atoms with Gasteiger partial charge in [0.15, 0.2) is 5.11 Å². The van der Waals surface area contributed by atoms with Crippen LogP contribution in [0.25, 0.3) is 0 Å². The molecule has 0 amide bonds. The van der Waals surface area contributed by atoms with E-state index in [-0.39, 0.29) is 0 Å². The summed E-state index contributed by atoms with van der Waals surface area (Å²) >= 11 is 5.11. The van der Waals surface area contributed by atoms with Crippen LogP contribution in [0.15, 0.2) is 18.3 Å². The Morgan fingerprint density at radius 2 is 2.21 bits per heavy atom. The maximum Gasteiger partial charge on any atom is 0.183 e. The number of ether oxygens (including phenoxy) is 1. The van der Waals surface area contributed by atoms with Crippen molar-refractivity contribution in [2.75, 3.05) is 38.2 Å². The molecule has 6 nitrogen and oxygen atoms in total. The second-order valence-electron chi connectivity index (χ2n) is 5.22. The molecule has 1 aromatic heterocycles. The third kappa shape index (κ3) is 2.08. The van der Waals surface area contributed by atoms with Crippen LogP contribution in [0.5, 0.6) is 5.75 Å². The number of nitrogens with two attached hydrogens (primary N) is 1. The highest BCUT2D eigenvalue weighted by Gasteiger charge is 2.52. The monoisotopic (exact) mass is 279 g/mol. The first kappa shape index (κ1) is 12.4. The van der Waals surface area contributed by atoms with E-state index in [1.165, 1.54) is 0 Å². The van der Waals surface area contributed by atoms with Crippen LogP contribution in [-0.2, 0) is 0 Å². The minimum Gasteiger partial charge on any atom is -0.497 e. The molecule has 19 heavy (non-hydrogen) atoms. The summed E-state index contributed by atoms with van der Waals surface area (Å²) in [5.74, 6) is 7.13. The number of pyridine rings is 1. The van der Waals surface area contributed by atoms with E-state index in [0.29, 0.717) is 10.5 Å². The van der Waals surface area contributed by atoms with Crippen molar-refractivity contribution in [2.24, 2.45) is 11.3 Å². The number of nitrogens with zero attached hydrogens (tertiary/aromatic N) is 3. The van der Waals surface area contributed by atoms with E-state index in [1.807, 2.05) is 12.1 Å². The van der Waals surface area contributed by atoms with Gasteiger partial charge in [-0.1, -0.05) is 0 Å². The highest BCUT2D eigenvalue weighted by atomic mass is 32.1. The average Bonchev–Trinajstić information content (AvgIpc) is 2.35. The number of hydrogen-bond donors (Lipinski definition) is 2. The van der Waals surface area contributed by atoms with E-state index in [9.17, 15) is 0 Å². The molecule has 3 heterocycles. The first-order chi connectivity index (χ1) is 9.15. The fourth-order valence-corrected chi connectivity index (χ4v) is 2.95. The number of aromatic nitrogens is 1. The Labute approximate surface area is 117 Å². The summed E-state index contributed by atoms with van der Waals surface area (Å²) < 4.78 is 5.21. The second kappa shape index (κ2) is 4.50. The lowest BCUT2D eigenvalue weighted by atomic mass is 9.73. The number of hydrogen-bond acceptors (Lipinski definition) is 5. The molecule has 1 aromatic rings. The molecule has 0 atom stereocenters. The normalized spacial score (nSPS) is 19.7. The lowest BCUT2D eigenvalue weighted by Gasteiger charge is -2.60. The predicted molar refractivity (Wildman–Crippen MR) is 76.9 cm³/mol. The number of methoxy groups -OCH3 is 1. The summed E-state index contributed by atoms with van der Waals surface area (Å²) in [7, 11) is 1.67. The zero-order valence-electron chi connectivity index (χ0n) is 10.8. The van der Waals surface area contributed by atoms with Gasteiger partial charge in [0.2, 0.25) is 0 Å². The first-order valence-electron chi connectivity index (χ1n) is 6.16. The summed E-state index contributed by atoms with van der Waals surface area (Å²) in [6.45, 7) is 3.96. The molecule has 2 aliphatic heterocycles. The van der Waals surface area contributed by atoms with Gasteiger partial charge in [-0.25, -0.2) is 10.8 Å². The van der Waals surface area contributed by atoms with Crippen LogP contribution < -0.4 is 20.9 Å². The van der Waals surface area contributed by atoms with E-state index in [1.54, 1.807) is 13.3 Å². The molecule has 1 spiro atoms.